The first-order valence-electron chi connectivity index (χ1n) is 5.70. The van der Waals surface area contributed by atoms with E-state index in [-0.39, 0.29) is 12.2 Å². The van der Waals surface area contributed by atoms with Crippen LogP contribution in [0.5, 0.6) is 0 Å². The highest BCUT2D eigenvalue weighted by Gasteiger charge is 2.12. The highest BCUT2D eigenvalue weighted by atomic mass is 16.4. The van der Waals surface area contributed by atoms with Gasteiger partial charge >= 0.3 is 5.97 Å². The first-order chi connectivity index (χ1) is 8.74. The van der Waals surface area contributed by atoms with Gasteiger partial charge in [-0.2, -0.15) is 0 Å². The molecule has 0 aliphatic heterocycles. The van der Waals surface area contributed by atoms with Crippen LogP contribution in [0.2, 0.25) is 0 Å². The molecule has 18 heavy (non-hydrogen) atoms. The molecule has 2 rings (SSSR count). The Morgan fingerprint density at radius 3 is 2.89 bits per heavy atom. The first-order valence-corrected chi connectivity index (χ1v) is 5.70. The first kappa shape index (κ1) is 12.3. The minimum absolute atomic E-state index is 0.0869. The number of carboxylic acid groups (broad SMARTS) is 1. The van der Waals surface area contributed by atoms with E-state index in [4.69, 9.17) is 5.11 Å². The third kappa shape index (κ3) is 2.41. The Morgan fingerprint density at radius 1 is 1.33 bits per heavy atom. The number of hydrogen-bond donors (Lipinski definition) is 3. The topological polar surface area (TPSA) is 82.5 Å². The van der Waals surface area contributed by atoms with Gasteiger partial charge in [0.15, 0.2) is 0 Å². The zero-order valence-corrected chi connectivity index (χ0v) is 9.76. The summed E-state index contributed by atoms with van der Waals surface area (Å²) in [7, 11) is 0. The summed E-state index contributed by atoms with van der Waals surface area (Å²) in [5.74, 6) is -0.433. The van der Waals surface area contributed by atoms with Crippen LogP contribution in [0.4, 0.5) is 5.82 Å². The summed E-state index contributed by atoms with van der Waals surface area (Å²) >= 11 is 0. The number of pyridine rings is 1. The van der Waals surface area contributed by atoms with Crippen molar-refractivity contribution in [2.24, 2.45) is 0 Å². The van der Waals surface area contributed by atoms with E-state index in [1.54, 1.807) is 24.4 Å². The van der Waals surface area contributed by atoms with Gasteiger partial charge in [0.1, 0.15) is 5.82 Å². The summed E-state index contributed by atoms with van der Waals surface area (Å²) in [6, 6.07) is 6.90. The molecule has 0 aliphatic carbocycles. The molecule has 5 nitrogen and oxygen atoms in total. The quantitative estimate of drug-likeness (QED) is 0.700. The molecule has 0 bridgehead atoms. The molecule has 0 spiro atoms. The average molecular weight is 246 g/mol. The smallest absolute Gasteiger partial charge is 0.336 e. The fourth-order valence-electron chi connectivity index (χ4n) is 1.83. The fourth-order valence-corrected chi connectivity index (χ4v) is 1.83. The second-order valence-corrected chi connectivity index (χ2v) is 3.87. The largest absolute Gasteiger partial charge is 0.478 e. The van der Waals surface area contributed by atoms with Crippen LogP contribution in [0.15, 0.2) is 30.5 Å². The Hall–Kier alpha value is -2.14. The summed E-state index contributed by atoms with van der Waals surface area (Å²) in [6.45, 7) is 0.639. The lowest BCUT2D eigenvalue weighted by Gasteiger charge is -2.10. The third-order valence-electron chi connectivity index (χ3n) is 2.65. The number of nitrogens with zero attached hydrogens (tertiary/aromatic N) is 1. The number of carboxylic acids is 1. The van der Waals surface area contributed by atoms with Gasteiger partial charge < -0.3 is 15.5 Å². The predicted octanol–water partition coefficient (Wildman–Crippen LogP) is 1.73. The van der Waals surface area contributed by atoms with E-state index in [1.165, 1.54) is 0 Å². The summed E-state index contributed by atoms with van der Waals surface area (Å²) in [4.78, 5) is 15.4. The molecule has 0 aliphatic rings. The van der Waals surface area contributed by atoms with Crippen LogP contribution in [0.3, 0.4) is 0 Å². The van der Waals surface area contributed by atoms with E-state index in [0.717, 1.165) is 5.39 Å². The molecule has 0 radical (unpaired) electrons. The standard InChI is InChI=1S/C13H14N2O3/c16-8-2-6-14-12-11-9(5-7-15-12)3-1-4-10(11)13(17)18/h1,3-5,7,16H,2,6,8H2,(H,14,15)(H,17,18). The van der Waals surface area contributed by atoms with Gasteiger partial charge in [0.25, 0.3) is 0 Å². The van der Waals surface area contributed by atoms with Crippen molar-refractivity contribution in [1.82, 2.24) is 4.98 Å². The fraction of sp³-hybridized carbons (Fsp3) is 0.231. The normalized spacial score (nSPS) is 10.5. The van der Waals surface area contributed by atoms with Crippen LogP contribution < -0.4 is 5.32 Å². The monoisotopic (exact) mass is 246 g/mol. The number of carbonyl (C=O) groups is 1. The lowest BCUT2D eigenvalue weighted by molar-refractivity contribution is 0.0699. The SMILES string of the molecule is O=C(O)c1cccc2ccnc(NCCCO)c12. The van der Waals surface area contributed by atoms with Gasteiger partial charge in [-0.25, -0.2) is 9.78 Å². The van der Waals surface area contributed by atoms with Crippen LogP contribution >= 0.6 is 0 Å². The van der Waals surface area contributed by atoms with Crippen LogP contribution in [0.1, 0.15) is 16.8 Å². The minimum Gasteiger partial charge on any atom is -0.478 e. The number of hydrogen-bond acceptors (Lipinski definition) is 4. The highest BCUT2D eigenvalue weighted by Crippen LogP contribution is 2.25. The second-order valence-electron chi connectivity index (χ2n) is 3.87. The van der Waals surface area contributed by atoms with Crippen molar-refractivity contribution < 1.29 is 15.0 Å². The van der Waals surface area contributed by atoms with Gasteiger partial charge in [-0.1, -0.05) is 12.1 Å². The van der Waals surface area contributed by atoms with Crippen molar-refractivity contribution in [1.29, 1.82) is 0 Å². The van der Waals surface area contributed by atoms with Crippen LogP contribution in [0, 0.1) is 0 Å². The van der Waals surface area contributed by atoms with Crippen molar-refractivity contribution in [2.45, 2.75) is 6.42 Å². The zero-order chi connectivity index (χ0) is 13.0. The molecule has 1 heterocycles. The van der Waals surface area contributed by atoms with Gasteiger partial charge in [0.05, 0.1) is 5.56 Å². The lowest BCUT2D eigenvalue weighted by Crippen LogP contribution is -2.07. The number of anilines is 1. The van der Waals surface area contributed by atoms with Crippen molar-refractivity contribution in [2.75, 3.05) is 18.5 Å². The molecule has 0 unspecified atom stereocenters. The van der Waals surface area contributed by atoms with Crippen molar-refractivity contribution in [3.8, 4) is 0 Å². The Labute approximate surface area is 104 Å². The van der Waals surface area contributed by atoms with Gasteiger partial charge in [-0.15, -0.1) is 0 Å². The molecule has 0 fully saturated rings. The average Bonchev–Trinajstić information content (AvgIpc) is 2.38. The Bertz CT molecular complexity index is 564. The summed E-state index contributed by atoms with van der Waals surface area (Å²) < 4.78 is 0. The molecule has 94 valence electrons. The van der Waals surface area contributed by atoms with Crippen LogP contribution in [0.25, 0.3) is 10.8 Å². The maximum Gasteiger partial charge on any atom is 0.336 e. The van der Waals surface area contributed by atoms with Crippen LogP contribution in [-0.2, 0) is 0 Å². The number of nitrogens with one attached hydrogen (secondary N) is 1. The number of rotatable bonds is 5. The number of aliphatic hydroxyl groups excluding tert-OH is 1. The summed E-state index contributed by atoms with van der Waals surface area (Å²) in [5, 5.41) is 22.4. The van der Waals surface area contributed by atoms with E-state index in [0.29, 0.717) is 24.2 Å². The van der Waals surface area contributed by atoms with E-state index < -0.39 is 5.97 Å². The summed E-state index contributed by atoms with van der Waals surface area (Å²) in [6.07, 6.45) is 2.22. The maximum absolute atomic E-state index is 11.2. The molecular weight excluding hydrogens is 232 g/mol. The molecular formula is C13H14N2O3. The van der Waals surface area contributed by atoms with Gasteiger partial charge in [-0.05, 0) is 23.9 Å². The predicted molar refractivity (Wildman–Crippen MR) is 68.9 cm³/mol. The Balaban J connectivity index is 2.48. The molecule has 0 saturated heterocycles. The molecule has 2 aromatic rings. The molecule has 1 aromatic carbocycles. The number of aromatic nitrogens is 1. The van der Waals surface area contributed by atoms with E-state index >= 15 is 0 Å². The van der Waals surface area contributed by atoms with E-state index in [1.807, 2.05) is 6.07 Å². The van der Waals surface area contributed by atoms with Crippen LogP contribution in [-0.4, -0.2) is 34.3 Å². The molecule has 3 N–H and O–H groups in total. The number of fused-ring (bicyclic) bond motifs is 1. The zero-order valence-electron chi connectivity index (χ0n) is 9.76. The van der Waals surface area contributed by atoms with Gasteiger partial charge in [0, 0.05) is 24.7 Å². The molecule has 0 atom stereocenters. The number of benzene rings is 1. The van der Waals surface area contributed by atoms with Crippen molar-refractivity contribution in [3.05, 3.63) is 36.0 Å². The molecule has 0 saturated carbocycles. The Morgan fingerprint density at radius 2 is 2.17 bits per heavy atom. The molecule has 0 amide bonds. The van der Waals surface area contributed by atoms with Gasteiger partial charge in [-0.3, -0.25) is 0 Å². The number of aromatic carboxylic acids is 1. The van der Waals surface area contributed by atoms with Gasteiger partial charge in [0.2, 0.25) is 0 Å². The molecule has 1 aromatic heterocycles. The minimum atomic E-state index is -0.973. The molecule has 5 heteroatoms. The van der Waals surface area contributed by atoms with E-state index in [2.05, 4.69) is 10.3 Å². The summed E-state index contributed by atoms with van der Waals surface area (Å²) in [5.41, 5.74) is 0.229. The van der Waals surface area contributed by atoms with Crippen molar-refractivity contribution >= 4 is 22.6 Å². The second kappa shape index (κ2) is 5.46. The highest BCUT2D eigenvalue weighted by molar-refractivity contribution is 6.08. The van der Waals surface area contributed by atoms with E-state index in [9.17, 15) is 9.90 Å². The van der Waals surface area contributed by atoms with Crippen molar-refractivity contribution in [3.63, 3.8) is 0 Å². The maximum atomic E-state index is 11.2. The number of aliphatic hydroxyl groups is 1. The lowest BCUT2D eigenvalue weighted by atomic mass is 10.1. The third-order valence-corrected chi connectivity index (χ3v) is 2.65. The Kier molecular flexibility index (Phi) is 3.74.